The topological polar surface area (TPSA) is 112 Å². The van der Waals surface area contributed by atoms with E-state index in [1.54, 1.807) is 35.1 Å². The quantitative estimate of drug-likeness (QED) is 0.373. The van der Waals surface area contributed by atoms with E-state index in [2.05, 4.69) is 20.1 Å². The number of pyridine rings is 1. The molecular formula is C26H22FN7O2. The van der Waals surface area contributed by atoms with Gasteiger partial charge in [0.15, 0.2) is 23.0 Å². The van der Waals surface area contributed by atoms with E-state index >= 15 is 0 Å². The van der Waals surface area contributed by atoms with Gasteiger partial charge in [0.05, 0.1) is 18.1 Å². The number of rotatable bonds is 6. The molecule has 2 aromatic carbocycles. The maximum atomic E-state index is 14.2. The summed E-state index contributed by atoms with van der Waals surface area (Å²) in [5.74, 6) is -0.0839. The van der Waals surface area contributed by atoms with Crippen LogP contribution in [-0.2, 0) is 6.54 Å². The van der Waals surface area contributed by atoms with Crippen molar-refractivity contribution >= 4 is 28.6 Å². The van der Waals surface area contributed by atoms with E-state index in [1.165, 1.54) is 17.2 Å². The molecule has 3 aromatic heterocycles. The van der Waals surface area contributed by atoms with Crippen LogP contribution >= 0.6 is 0 Å². The van der Waals surface area contributed by atoms with Crippen LogP contribution in [0.3, 0.4) is 0 Å². The number of para-hydroxylation sites is 1. The van der Waals surface area contributed by atoms with Gasteiger partial charge in [-0.15, -0.1) is 0 Å². The number of hydrogen-bond donors (Lipinski definition) is 1. The van der Waals surface area contributed by atoms with Gasteiger partial charge >= 0.3 is 6.09 Å². The van der Waals surface area contributed by atoms with E-state index < -0.39 is 6.09 Å². The first kappa shape index (κ1) is 22.9. The summed E-state index contributed by atoms with van der Waals surface area (Å²) in [6.45, 7) is 2.42. The van der Waals surface area contributed by atoms with Crippen LogP contribution in [0.5, 0.6) is 5.75 Å². The third kappa shape index (κ3) is 4.43. The van der Waals surface area contributed by atoms with Crippen molar-refractivity contribution in [3.8, 4) is 17.3 Å². The number of ether oxygens (including phenoxy) is 1. The summed E-state index contributed by atoms with van der Waals surface area (Å²) in [6.07, 6.45) is 2.37. The van der Waals surface area contributed by atoms with Crippen LogP contribution in [-0.4, -0.2) is 37.4 Å². The number of fused-ring (bicyclic) bond motifs is 1. The SMILES string of the molecule is CCN(C(=O)Oc1cnc(-c2nn(Cc3ccccc3F)c3ncccc23)nc1N)c1ccccc1. The number of amides is 1. The van der Waals surface area contributed by atoms with Crippen molar-refractivity contribution in [1.29, 1.82) is 0 Å². The fourth-order valence-electron chi connectivity index (χ4n) is 3.82. The highest BCUT2D eigenvalue weighted by Gasteiger charge is 2.21. The molecule has 36 heavy (non-hydrogen) atoms. The van der Waals surface area contributed by atoms with Gasteiger partial charge in [-0.3, -0.25) is 4.90 Å². The molecule has 0 aliphatic carbocycles. The number of nitrogen functional groups attached to an aromatic ring is 1. The van der Waals surface area contributed by atoms with Gasteiger partial charge < -0.3 is 10.5 Å². The van der Waals surface area contributed by atoms with Crippen LogP contribution in [0.25, 0.3) is 22.6 Å². The average molecular weight is 484 g/mol. The van der Waals surface area contributed by atoms with Gasteiger partial charge in [0.1, 0.15) is 11.5 Å². The average Bonchev–Trinajstić information content (AvgIpc) is 3.26. The van der Waals surface area contributed by atoms with E-state index in [4.69, 9.17) is 10.5 Å². The molecule has 0 bridgehead atoms. The molecule has 5 rings (SSSR count). The lowest BCUT2D eigenvalue weighted by Gasteiger charge is -2.20. The molecule has 0 spiro atoms. The zero-order chi connectivity index (χ0) is 25.1. The van der Waals surface area contributed by atoms with Crippen molar-refractivity contribution in [1.82, 2.24) is 24.7 Å². The molecule has 0 unspecified atom stereocenters. The number of carbonyl (C=O) groups excluding carboxylic acids is 1. The maximum absolute atomic E-state index is 14.2. The molecule has 2 N–H and O–H groups in total. The number of nitrogens with two attached hydrogens (primary N) is 1. The Morgan fingerprint density at radius 2 is 1.83 bits per heavy atom. The molecule has 0 radical (unpaired) electrons. The first-order valence-corrected chi connectivity index (χ1v) is 11.3. The molecule has 0 fully saturated rings. The van der Waals surface area contributed by atoms with Gasteiger partial charge in [0.25, 0.3) is 0 Å². The van der Waals surface area contributed by atoms with Crippen molar-refractivity contribution in [2.45, 2.75) is 13.5 Å². The van der Waals surface area contributed by atoms with E-state index in [0.29, 0.717) is 34.5 Å². The molecular weight excluding hydrogens is 461 g/mol. The zero-order valence-corrected chi connectivity index (χ0v) is 19.4. The largest absolute Gasteiger partial charge is 0.419 e. The number of anilines is 2. The normalized spacial score (nSPS) is 10.9. The predicted octanol–water partition coefficient (Wildman–Crippen LogP) is 4.68. The first-order valence-electron chi connectivity index (χ1n) is 11.3. The van der Waals surface area contributed by atoms with Crippen molar-refractivity contribution in [2.24, 2.45) is 0 Å². The Morgan fingerprint density at radius 1 is 1.06 bits per heavy atom. The Balaban J connectivity index is 1.44. The van der Waals surface area contributed by atoms with E-state index in [0.717, 1.165) is 0 Å². The molecule has 0 saturated carbocycles. The van der Waals surface area contributed by atoms with Crippen molar-refractivity contribution in [2.75, 3.05) is 17.2 Å². The van der Waals surface area contributed by atoms with Gasteiger partial charge in [0.2, 0.25) is 0 Å². The summed E-state index contributed by atoms with van der Waals surface area (Å²) >= 11 is 0. The van der Waals surface area contributed by atoms with Gasteiger partial charge in [-0.2, -0.15) is 5.10 Å². The Morgan fingerprint density at radius 3 is 2.58 bits per heavy atom. The Hall–Kier alpha value is -4.86. The highest BCUT2D eigenvalue weighted by atomic mass is 19.1. The van der Waals surface area contributed by atoms with Crippen molar-refractivity contribution < 1.29 is 13.9 Å². The number of halogens is 1. The molecule has 1 amide bonds. The minimum absolute atomic E-state index is 0.0156. The van der Waals surface area contributed by atoms with E-state index in [-0.39, 0.29) is 29.8 Å². The lowest BCUT2D eigenvalue weighted by molar-refractivity contribution is 0.208. The maximum Gasteiger partial charge on any atom is 0.419 e. The predicted molar refractivity (Wildman–Crippen MR) is 134 cm³/mol. The summed E-state index contributed by atoms with van der Waals surface area (Å²) in [6, 6.07) is 19.2. The van der Waals surface area contributed by atoms with Crippen molar-refractivity contribution in [3.63, 3.8) is 0 Å². The summed E-state index contributed by atoms with van der Waals surface area (Å²) in [4.78, 5) is 27.3. The summed E-state index contributed by atoms with van der Waals surface area (Å²) < 4.78 is 21.3. The molecule has 0 atom stereocenters. The molecule has 9 nitrogen and oxygen atoms in total. The second-order valence-electron chi connectivity index (χ2n) is 7.86. The fourth-order valence-corrected chi connectivity index (χ4v) is 3.82. The first-order chi connectivity index (χ1) is 17.5. The van der Waals surface area contributed by atoms with Gasteiger partial charge in [-0.1, -0.05) is 36.4 Å². The van der Waals surface area contributed by atoms with Crippen LogP contribution in [0.4, 0.5) is 20.7 Å². The smallest absolute Gasteiger partial charge is 0.404 e. The molecule has 0 aliphatic rings. The molecule has 3 heterocycles. The minimum Gasteiger partial charge on any atom is -0.404 e. The van der Waals surface area contributed by atoms with Gasteiger partial charge in [0, 0.05) is 24.0 Å². The summed E-state index contributed by atoms with van der Waals surface area (Å²) in [5.41, 5.74) is 8.28. The highest BCUT2D eigenvalue weighted by Crippen LogP contribution is 2.28. The Labute approximate surface area is 206 Å². The summed E-state index contributed by atoms with van der Waals surface area (Å²) in [7, 11) is 0. The standard InChI is InChI=1S/C26H22FN7O2/c1-2-33(18-10-4-3-5-11-18)26(35)36-21-15-30-24(31-23(21)28)22-19-12-8-14-29-25(19)34(32-22)16-17-9-6-7-13-20(17)27/h3-15H,2,16H2,1H3,(H2,28,30,31). The lowest BCUT2D eigenvalue weighted by Crippen LogP contribution is -2.33. The van der Waals surface area contributed by atoms with Crippen LogP contribution in [0.1, 0.15) is 12.5 Å². The number of carbonyl (C=O) groups is 1. The highest BCUT2D eigenvalue weighted by molar-refractivity contribution is 5.91. The second-order valence-corrected chi connectivity index (χ2v) is 7.86. The van der Waals surface area contributed by atoms with Gasteiger partial charge in [-0.25, -0.2) is 28.8 Å². The Bertz CT molecular complexity index is 1540. The monoisotopic (exact) mass is 483 g/mol. The molecule has 180 valence electrons. The zero-order valence-electron chi connectivity index (χ0n) is 19.4. The third-order valence-electron chi connectivity index (χ3n) is 5.58. The minimum atomic E-state index is -0.601. The molecule has 10 heteroatoms. The number of aromatic nitrogens is 5. The van der Waals surface area contributed by atoms with Crippen LogP contribution in [0.2, 0.25) is 0 Å². The second kappa shape index (κ2) is 9.79. The van der Waals surface area contributed by atoms with E-state index in [1.807, 2.05) is 43.3 Å². The van der Waals surface area contributed by atoms with Crippen LogP contribution in [0, 0.1) is 5.82 Å². The van der Waals surface area contributed by atoms with Gasteiger partial charge in [-0.05, 0) is 37.3 Å². The summed E-state index contributed by atoms with van der Waals surface area (Å²) in [5, 5.41) is 5.28. The van der Waals surface area contributed by atoms with Crippen LogP contribution < -0.4 is 15.4 Å². The third-order valence-corrected chi connectivity index (χ3v) is 5.58. The fraction of sp³-hybridized carbons (Fsp3) is 0.115. The number of nitrogens with zero attached hydrogens (tertiary/aromatic N) is 6. The van der Waals surface area contributed by atoms with Crippen molar-refractivity contribution in [3.05, 3.63) is 90.5 Å². The molecule has 5 aromatic rings. The number of benzene rings is 2. The van der Waals surface area contributed by atoms with Crippen LogP contribution in [0.15, 0.2) is 79.1 Å². The molecule has 0 saturated heterocycles. The van der Waals surface area contributed by atoms with E-state index in [9.17, 15) is 9.18 Å². The lowest BCUT2D eigenvalue weighted by atomic mass is 10.2. The number of hydrogen-bond acceptors (Lipinski definition) is 7. The molecule has 0 aliphatic heterocycles. The Kier molecular flexibility index (Phi) is 6.23.